The maximum absolute atomic E-state index is 12.7. The van der Waals surface area contributed by atoms with Crippen LogP contribution in [0.3, 0.4) is 0 Å². The van der Waals surface area contributed by atoms with Crippen LogP contribution in [0.15, 0.2) is 55.1 Å². The van der Waals surface area contributed by atoms with Crippen LogP contribution < -0.4 is 15.0 Å². The van der Waals surface area contributed by atoms with Crippen LogP contribution in [-0.2, 0) is 20.7 Å². The van der Waals surface area contributed by atoms with Crippen molar-refractivity contribution in [2.75, 3.05) is 11.4 Å². The molecular formula is C22H24BF3N2O6. The van der Waals surface area contributed by atoms with E-state index < -0.39 is 44.0 Å². The maximum Gasteiger partial charge on any atom is 0.635 e. The van der Waals surface area contributed by atoms with Crippen molar-refractivity contribution in [1.29, 1.82) is 0 Å². The van der Waals surface area contributed by atoms with E-state index in [1.54, 1.807) is 0 Å². The van der Waals surface area contributed by atoms with Crippen LogP contribution in [0.1, 0.15) is 16.7 Å². The molecule has 3 N–H and O–H groups in total. The Kier molecular flexibility index (Phi) is 9.24. The maximum atomic E-state index is 12.7. The molecule has 2 aromatic rings. The molecule has 0 radical (unpaired) electrons. The Morgan fingerprint density at radius 3 is 2.35 bits per heavy atom. The SMILES string of the molecule is C=CC(=O)N(CC(=O)N[C@@H](Cc1ccc(C)cc1C)OB(O)O)c1ccc(OC(F)(F)F)cc1. The number of halogens is 3. The number of hydrogen-bond donors (Lipinski definition) is 3. The third-order valence-electron chi connectivity index (χ3n) is 4.64. The normalized spacial score (nSPS) is 12.0. The van der Waals surface area contributed by atoms with E-state index >= 15 is 0 Å². The summed E-state index contributed by atoms with van der Waals surface area (Å²) >= 11 is 0. The molecular weight excluding hydrogens is 456 g/mol. The molecule has 0 fully saturated rings. The highest BCUT2D eigenvalue weighted by molar-refractivity contribution is 6.32. The predicted molar refractivity (Wildman–Crippen MR) is 119 cm³/mol. The number of alkyl halides is 3. The molecule has 0 saturated heterocycles. The molecule has 0 unspecified atom stereocenters. The highest BCUT2D eigenvalue weighted by atomic mass is 19.4. The number of nitrogens with one attached hydrogen (secondary N) is 1. The number of amides is 2. The van der Waals surface area contributed by atoms with Gasteiger partial charge in [0.2, 0.25) is 5.91 Å². The number of carbonyl (C=O) groups is 2. The molecule has 0 bridgehead atoms. The number of anilines is 1. The van der Waals surface area contributed by atoms with Crippen LogP contribution in [0.2, 0.25) is 0 Å². The fourth-order valence-electron chi connectivity index (χ4n) is 3.16. The smallest absolute Gasteiger partial charge is 0.406 e. The van der Waals surface area contributed by atoms with Crippen molar-refractivity contribution in [3.63, 3.8) is 0 Å². The molecule has 0 aromatic heterocycles. The number of aryl methyl sites for hydroxylation is 2. The first-order valence-corrected chi connectivity index (χ1v) is 10.0. The number of nitrogens with zero attached hydrogens (tertiary/aromatic N) is 1. The van der Waals surface area contributed by atoms with Gasteiger partial charge in [0.15, 0.2) is 0 Å². The van der Waals surface area contributed by atoms with E-state index in [4.69, 9.17) is 4.65 Å². The summed E-state index contributed by atoms with van der Waals surface area (Å²) in [6.07, 6.45) is -4.97. The summed E-state index contributed by atoms with van der Waals surface area (Å²) in [4.78, 5) is 25.9. The lowest BCUT2D eigenvalue weighted by atomic mass is 10.0. The number of carbonyl (C=O) groups excluding carboxylic acids is 2. The van der Waals surface area contributed by atoms with Gasteiger partial charge in [-0.3, -0.25) is 14.5 Å². The topological polar surface area (TPSA) is 108 Å². The lowest BCUT2D eigenvalue weighted by Gasteiger charge is -2.24. The van der Waals surface area contributed by atoms with Crippen LogP contribution in [0.5, 0.6) is 5.75 Å². The Hall–Kier alpha value is -3.35. The lowest BCUT2D eigenvalue weighted by molar-refractivity contribution is -0.274. The van der Waals surface area contributed by atoms with Crippen LogP contribution in [0.4, 0.5) is 18.9 Å². The highest BCUT2D eigenvalue weighted by Gasteiger charge is 2.31. The van der Waals surface area contributed by atoms with E-state index in [2.05, 4.69) is 16.6 Å². The van der Waals surface area contributed by atoms with Gasteiger partial charge >= 0.3 is 13.7 Å². The zero-order valence-electron chi connectivity index (χ0n) is 18.5. The van der Waals surface area contributed by atoms with Crippen molar-refractivity contribution >= 4 is 24.8 Å². The second-order valence-electron chi connectivity index (χ2n) is 7.32. The third kappa shape index (κ3) is 8.54. The third-order valence-corrected chi connectivity index (χ3v) is 4.64. The van der Waals surface area contributed by atoms with Crippen LogP contribution in [0.25, 0.3) is 0 Å². The minimum Gasteiger partial charge on any atom is -0.406 e. The Labute approximate surface area is 194 Å². The van der Waals surface area contributed by atoms with Crippen molar-refractivity contribution in [1.82, 2.24) is 5.32 Å². The molecule has 0 aliphatic heterocycles. The molecule has 0 aliphatic carbocycles. The van der Waals surface area contributed by atoms with E-state index in [1.807, 2.05) is 32.0 Å². The van der Waals surface area contributed by atoms with Crippen molar-refractivity contribution < 1.29 is 42.2 Å². The Balaban J connectivity index is 2.16. The van der Waals surface area contributed by atoms with E-state index in [-0.39, 0.29) is 12.1 Å². The molecule has 34 heavy (non-hydrogen) atoms. The number of ether oxygens (including phenoxy) is 1. The molecule has 0 saturated carbocycles. The quantitative estimate of drug-likeness (QED) is 0.274. The summed E-state index contributed by atoms with van der Waals surface area (Å²) in [7, 11) is -2.16. The molecule has 8 nitrogen and oxygen atoms in total. The first-order valence-electron chi connectivity index (χ1n) is 10.0. The average molecular weight is 480 g/mol. The van der Waals surface area contributed by atoms with Crippen LogP contribution in [0, 0.1) is 13.8 Å². The van der Waals surface area contributed by atoms with E-state index in [9.17, 15) is 32.8 Å². The van der Waals surface area contributed by atoms with Gasteiger partial charge in [-0.15, -0.1) is 13.2 Å². The van der Waals surface area contributed by atoms with E-state index in [0.717, 1.165) is 39.8 Å². The Morgan fingerprint density at radius 2 is 1.82 bits per heavy atom. The highest BCUT2D eigenvalue weighted by Crippen LogP contribution is 2.25. The Morgan fingerprint density at radius 1 is 1.18 bits per heavy atom. The molecule has 1 atom stereocenters. The van der Waals surface area contributed by atoms with Crippen LogP contribution in [-0.4, -0.2) is 48.3 Å². The number of hydrogen-bond acceptors (Lipinski definition) is 6. The second kappa shape index (κ2) is 11.7. The fourth-order valence-corrected chi connectivity index (χ4v) is 3.16. The largest absolute Gasteiger partial charge is 0.635 e. The Bertz CT molecular complexity index is 1010. The minimum atomic E-state index is -4.87. The fraction of sp³-hybridized carbons (Fsp3) is 0.273. The van der Waals surface area contributed by atoms with Gasteiger partial charge in [0.1, 0.15) is 18.5 Å². The van der Waals surface area contributed by atoms with Gasteiger partial charge in [0.25, 0.3) is 5.91 Å². The average Bonchev–Trinajstić information content (AvgIpc) is 2.72. The molecule has 2 rings (SSSR count). The standard InChI is InChI=1S/C22H24BF3N2O6/c1-4-21(30)28(17-7-9-18(10-8-17)33-22(24,25)26)13-19(29)27-20(34-23(31)32)12-16-6-5-14(2)11-15(16)3/h4-11,20,31-32H,1,12-13H2,2-3H3,(H,27,29)/t20-/m1/s1. The number of rotatable bonds is 10. The molecule has 0 heterocycles. The summed E-state index contributed by atoms with van der Waals surface area (Å²) in [5.74, 6) is -1.90. The lowest BCUT2D eigenvalue weighted by Crippen LogP contribution is -2.47. The summed E-state index contributed by atoms with van der Waals surface area (Å²) in [6.45, 7) is 6.59. The van der Waals surface area contributed by atoms with E-state index in [0.29, 0.717) is 0 Å². The molecule has 12 heteroatoms. The van der Waals surface area contributed by atoms with Gasteiger partial charge in [-0.2, -0.15) is 0 Å². The van der Waals surface area contributed by atoms with Crippen LogP contribution >= 0.6 is 0 Å². The van der Waals surface area contributed by atoms with Crippen molar-refractivity contribution in [3.05, 3.63) is 71.8 Å². The van der Waals surface area contributed by atoms with Gasteiger partial charge in [-0.05, 0) is 55.3 Å². The molecule has 2 aromatic carbocycles. The summed E-state index contributed by atoms with van der Waals surface area (Å²) < 4.78 is 45.9. The molecule has 182 valence electrons. The van der Waals surface area contributed by atoms with Gasteiger partial charge in [-0.25, -0.2) is 0 Å². The summed E-state index contributed by atoms with van der Waals surface area (Å²) in [6, 6.07) is 9.94. The first-order chi connectivity index (χ1) is 15.9. The summed E-state index contributed by atoms with van der Waals surface area (Å²) in [5.41, 5.74) is 2.83. The monoisotopic (exact) mass is 480 g/mol. The first kappa shape index (κ1) is 26.9. The minimum absolute atomic E-state index is 0.106. The second-order valence-corrected chi connectivity index (χ2v) is 7.32. The van der Waals surface area contributed by atoms with Crippen molar-refractivity contribution in [2.24, 2.45) is 0 Å². The predicted octanol–water partition coefficient (Wildman–Crippen LogP) is 2.39. The molecule has 0 aliphatic rings. The summed E-state index contributed by atoms with van der Waals surface area (Å²) in [5, 5.41) is 20.9. The van der Waals surface area contributed by atoms with E-state index in [1.165, 1.54) is 12.1 Å². The number of benzene rings is 2. The van der Waals surface area contributed by atoms with Gasteiger partial charge in [-0.1, -0.05) is 30.3 Å². The van der Waals surface area contributed by atoms with Crippen molar-refractivity contribution in [3.8, 4) is 5.75 Å². The molecule has 2 amide bonds. The zero-order valence-corrected chi connectivity index (χ0v) is 18.5. The zero-order chi connectivity index (χ0) is 25.5. The molecule has 0 spiro atoms. The van der Waals surface area contributed by atoms with Gasteiger partial charge in [0, 0.05) is 12.1 Å². The van der Waals surface area contributed by atoms with Crippen molar-refractivity contribution in [2.45, 2.75) is 32.9 Å². The van der Waals surface area contributed by atoms with Gasteiger partial charge in [0.05, 0.1) is 0 Å². The van der Waals surface area contributed by atoms with Gasteiger partial charge < -0.3 is 24.8 Å².